The lowest BCUT2D eigenvalue weighted by Crippen LogP contribution is -1.85. The molecule has 2 rings (SSSR count). The fraction of sp³-hybridized carbons (Fsp3) is 0.100. The van der Waals surface area contributed by atoms with Crippen LogP contribution in [0.4, 0.5) is 0 Å². The number of H-pyrrole nitrogens is 1. The lowest BCUT2D eigenvalue weighted by atomic mass is 10.2. The fourth-order valence-electron chi connectivity index (χ4n) is 1.02. The minimum atomic E-state index is 0.517. The summed E-state index contributed by atoms with van der Waals surface area (Å²) in [7, 11) is 4.89. The van der Waals surface area contributed by atoms with Crippen molar-refractivity contribution < 1.29 is 4.74 Å². The van der Waals surface area contributed by atoms with Gasteiger partial charge in [-0.25, -0.2) is 4.98 Å². The van der Waals surface area contributed by atoms with Crippen LogP contribution in [0.3, 0.4) is 0 Å². The quantitative estimate of drug-likeness (QED) is 0.831. The number of aromatic amines is 1. The number of ether oxygens (including phenoxy) is 1. The summed E-state index contributed by atoms with van der Waals surface area (Å²) < 4.78 is 8.63. The highest BCUT2D eigenvalue weighted by Gasteiger charge is 1.96. The first-order valence-corrected chi connectivity index (χ1v) is 5.53. The van der Waals surface area contributed by atoms with E-state index in [4.69, 9.17) is 4.74 Å². The van der Waals surface area contributed by atoms with Gasteiger partial charge >= 0.3 is 0 Å². The first-order chi connectivity index (χ1) is 7.76. The minimum absolute atomic E-state index is 0.517. The Bertz CT molecular complexity index is 414. The number of nitrogens with zero attached hydrogens (tertiary/aromatic N) is 2. The summed E-state index contributed by atoms with van der Waals surface area (Å²) in [5, 5.41) is 0. The van der Waals surface area contributed by atoms with Crippen LogP contribution in [-0.4, -0.2) is 9.97 Å². The second kappa shape index (κ2) is 7.10. The second-order valence-electron chi connectivity index (χ2n) is 2.94. The molecule has 0 aliphatic carbocycles. The number of aryl methyl sites for hydroxylation is 1. The van der Waals surface area contributed by atoms with Gasteiger partial charge in [0.2, 0.25) is 0 Å². The molecular formula is C10H13N3OP2. The molecule has 0 bridgehead atoms. The summed E-state index contributed by atoms with van der Waals surface area (Å²) in [6.07, 6.45) is 3.38. The zero-order valence-electron chi connectivity index (χ0n) is 8.84. The van der Waals surface area contributed by atoms with E-state index in [9.17, 15) is 0 Å². The van der Waals surface area contributed by atoms with Crippen molar-refractivity contribution in [3.63, 3.8) is 0 Å². The molecule has 0 saturated heterocycles. The van der Waals surface area contributed by atoms with Crippen LogP contribution in [0.15, 0.2) is 41.2 Å². The van der Waals surface area contributed by atoms with E-state index in [-0.39, 0.29) is 0 Å². The van der Waals surface area contributed by atoms with Gasteiger partial charge in [-0.05, 0) is 37.5 Å². The normalized spacial score (nSPS) is 8.88. The summed E-state index contributed by atoms with van der Waals surface area (Å²) >= 11 is 0. The van der Waals surface area contributed by atoms with Crippen LogP contribution < -0.4 is 4.74 Å². The predicted octanol–water partition coefficient (Wildman–Crippen LogP) is 3.61. The summed E-state index contributed by atoms with van der Waals surface area (Å²) in [4.78, 5) is 6.82. The van der Waals surface area contributed by atoms with Gasteiger partial charge in [-0.1, -0.05) is 17.7 Å². The van der Waals surface area contributed by atoms with Crippen LogP contribution in [-0.2, 0) is 0 Å². The van der Waals surface area contributed by atoms with Gasteiger partial charge < -0.3 is 9.72 Å². The third-order valence-corrected chi connectivity index (χ3v) is 1.71. The van der Waals surface area contributed by atoms with E-state index >= 15 is 0 Å². The van der Waals surface area contributed by atoms with Crippen molar-refractivity contribution in [3.05, 3.63) is 42.2 Å². The van der Waals surface area contributed by atoms with E-state index in [1.165, 1.54) is 5.56 Å². The van der Waals surface area contributed by atoms with Gasteiger partial charge in [-0.2, -0.15) is 0 Å². The number of benzene rings is 1. The number of rotatable bonds is 2. The van der Waals surface area contributed by atoms with Gasteiger partial charge in [0, 0.05) is 12.4 Å². The van der Waals surface area contributed by atoms with Crippen molar-refractivity contribution in [1.82, 2.24) is 9.97 Å². The Morgan fingerprint density at radius 3 is 2.50 bits per heavy atom. The Morgan fingerprint density at radius 2 is 2.00 bits per heavy atom. The summed E-state index contributed by atoms with van der Waals surface area (Å²) in [6.45, 7) is 2.04. The van der Waals surface area contributed by atoms with Crippen molar-refractivity contribution in [2.75, 3.05) is 0 Å². The fourth-order valence-corrected chi connectivity index (χ4v) is 1.02. The van der Waals surface area contributed by atoms with E-state index in [1.807, 2.05) is 31.2 Å². The number of imidazole rings is 1. The van der Waals surface area contributed by atoms with E-state index < -0.39 is 0 Å². The number of aromatic nitrogens is 2. The third-order valence-electron chi connectivity index (χ3n) is 1.71. The average molecular weight is 253 g/mol. The maximum Gasteiger partial charge on any atom is 0.299 e. The molecule has 0 aliphatic rings. The zero-order chi connectivity index (χ0) is 11.8. The topological polar surface area (TPSA) is 50.3 Å². The number of nitrogens with one attached hydrogen (secondary N) is 1. The maximum absolute atomic E-state index is 5.41. The van der Waals surface area contributed by atoms with Crippen molar-refractivity contribution in [3.8, 4) is 11.8 Å². The monoisotopic (exact) mass is 253 g/mol. The van der Waals surface area contributed by atoms with Gasteiger partial charge in [-0.15, -0.1) is 0 Å². The van der Waals surface area contributed by atoms with Crippen LogP contribution in [0, 0.1) is 6.92 Å². The van der Waals surface area contributed by atoms with E-state index in [2.05, 4.69) is 32.9 Å². The maximum atomic E-state index is 5.41. The molecule has 1 atom stereocenters. The molecule has 1 aromatic carbocycles. The van der Waals surface area contributed by atoms with Gasteiger partial charge in [0.05, 0.1) is 0 Å². The smallest absolute Gasteiger partial charge is 0.299 e. The predicted molar refractivity (Wildman–Crippen MR) is 70.3 cm³/mol. The van der Waals surface area contributed by atoms with Crippen molar-refractivity contribution in [1.29, 1.82) is 0 Å². The van der Waals surface area contributed by atoms with Crippen molar-refractivity contribution >= 4 is 18.4 Å². The Labute approximate surface area is 99.0 Å². The molecule has 6 heteroatoms. The highest BCUT2D eigenvalue weighted by Crippen LogP contribution is 2.17. The second-order valence-corrected chi connectivity index (χ2v) is 3.97. The highest BCUT2D eigenvalue weighted by molar-refractivity contribution is 7.23. The average Bonchev–Trinajstić information content (AvgIpc) is 2.75. The molecule has 16 heavy (non-hydrogen) atoms. The molecule has 84 valence electrons. The van der Waals surface area contributed by atoms with Gasteiger partial charge in [0.1, 0.15) is 5.75 Å². The molecule has 1 unspecified atom stereocenters. The SMILES string of the molecule is Cc1ccc(Oc2ncc[nH]2)cc1.P=NP. The lowest BCUT2D eigenvalue weighted by Gasteiger charge is -2.00. The molecule has 2 aromatic rings. The van der Waals surface area contributed by atoms with E-state index in [1.54, 1.807) is 12.4 Å². The third kappa shape index (κ3) is 4.52. The van der Waals surface area contributed by atoms with Crippen LogP contribution in [0.1, 0.15) is 5.56 Å². The Hall–Kier alpha value is -1.24. The van der Waals surface area contributed by atoms with Crippen LogP contribution in [0.5, 0.6) is 11.8 Å². The summed E-state index contributed by atoms with van der Waals surface area (Å²) in [6, 6.07) is 8.34. The van der Waals surface area contributed by atoms with Gasteiger partial charge in [-0.3, -0.25) is 4.52 Å². The molecule has 4 nitrogen and oxygen atoms in total. The van der Waals surface area contributed by atoms with Crippen LogP contribution >= 0.6 is 18.4 Å². The largest absolute Gasteiger partial charge is 0.426 e. The molecule has 0 amide bonds. The Balaban J connectivity index is 0.000000386. The summed E-state index contributed by atoms with van der Waals surface area (Å²) in [5.74, 6) is 0.792. The van der Waals surface area contributed by atoms with E-state index in [0.29, 0.717) is 6.01 Å². The standard InChI is InChI=1S/C10H10N2O.H3NP2/c1-8-2-4-9(5-3-8)13-10-11-6-7-12-10;2-1-3/h2-7H,1H3,(H,11,12);2H,3H2. The lowest BCUT2D eigenvalue weighted by molar-refractivity contribution is 0.447. The van der Waals surface area contributed by atoms with Gasteiger partial charge in [0.15, 0.2) is 0 Å². The molecule has 0 radical (unpaired) electrons. The first kappa shape index (κ1) is 12.8. The first-order valence-electron chi connectivity index (χ1n) is 4.57. The summed E-state index contributed by atoms with van der Waals surface area (Å²) in [5.41, 5.74) is 1.21. The minimum Gasteiger partial charge on any atom is -0.426 e. The van der Waals surface area contributed by atoms with Crippen molar-refractivity contribution in [2.45, 2.75) is 6.92 Å². The van der Waals surface area contributed by atoms with Crippen molar-refractivity contribution in [2.24, 2.45) is 4.52 Å². The van der Waals surface area contributed by atoms with Crippen LogP contribution in [0.2, 0.25) is 0 Å². The molecular weight excluding hydrogens is 240 g/mol. The van der Waals surface area contributed by atoms with Gasteiger partial charge in [0.25, 0.3) is 6.01 Å². The molecule has 1 N–H and O–H groups in total. The Kier molecular flexibility index (Phi) is 5.69. The number of hydrogen-bond acceptors (Lipinski definition) is 3. The molecule has 1 aromatic heterocycles. The molecule has 0 aliphatic heterocycles. The Morgan fingerprint density at radius 1 is 1.38 bits per heavy atom. The van der Waals surface area contributed by atoms with E-state index in [0.717, 1.165) is 5.75 Å². The molecule has 1 heterocycles. The zero-order valence-corrected chi connectivity index (χ0v) is 11.0. The highest BCUT2D eigenvalue weighted by atomic mass is 31.1. The van der Waals surface area contributed by atoms with Crippen LogP contribution in [0.25, 0.3) is 0 Å². The molecule has 0 spiro atoms. The number of hydrogen-bond donors (Lipinski definition) is 1. The molecule has 0 fully saturated rings. The molecule has 0 saturated carbocycles.